The summed E-state index contributed by atoms with van der Waals surface area (Å²) in [5.41, 5.74) is 0.575. The number of aliphatic hydroxyl groups excluding tert-OH is 1. The zero-order valence-corrected chi connectivity index (χ0v) is 15.7. The number of aliphatic hydroxyl groups is 1. The Morgan fingerprint density at radius 3 is 2.72 bits per heavy atom. The van der Waals surface area contributed by atoms with Crippen LogP contribution in [0.3, 0.4) is 0 Å². The van der Waals surface area contributed by atoms with Crippen LogP contribution in [0, 0.1) is 0 Å². The molecule has 8 heteroatoms. The molecule has 0 spiro atoms. The fourth-order valence-electron chi connectivity index (χ4n) is 2.78. The molecule has 2 rings (SSSR count). The molecule has 3 N–H and O–H groups in total. The molecular weight excluding hydrogens is 396 g/mol. The maximum atomic E-state index is 12.5. The zero-order chi connectivity index (χ0) is 18.2. The van der Waals surface area contributed by atoms with Crippen molar-refractivity contribution in [3.05, 3.63) is 28.2 Å². The molecule has 0 aliphatic heterocycles. The van der Waals surface area contributed by atoms with Crippen LogP contribution in [0.5, 0.6) is 5.75 Å². The Bertz CT molecular complexity index is 579. The van der Waals surface area contributed by atoms with Gasteiger partial charge in [0.2, 0.25) is 0 Å². The van der Waals surface area contributed by atoms with E-state index in [2.05, 4.69) is 36.3 Å². The molecule has 0 atom stereocenters. The Kier molecular flexibility index (Phi) is 7.90. The number of hydrogen-bond acceptors (Lipinski definition) is 3. The van der Waals surface area contributed by atoms with Gasteiger partial charge in [-0.15, -0.1) is 0 Å². The minimum absolute atomic E-state index is 0.124. The molecule has 25 heavy (non-hydrogen) atoms. The Morgan fingerprint density at radius 2 is 2.08 bits per heavy atom. The molecular formula is C17H24BrF2N3O2. The third-order valence-corrected chi connectivity index (χ3v) is 4.52. The van der Waals surface area contributed by atoms with Gasteiger partial charge in [0.05, 0.1) is 12.6 Å². The number of halogens is 3. The molecule has 140 valence electrons. The molecule has 0 amide bonds. The standard InChI is InChI=1S/C17H24BrF2N3O2/c1-2-21-17(23-13-4-6-14(24)7-5-13)22-10-11-9-12(18)3-8-15(11)25-16(19)20/h3,8-9,13-14,16,24H,2,4-7,10H2,1H3,(H2,21,22,23). The summed E-state index contributed by atoms with van der Waals surface area (Å²) in [4.78, 5) is 4.49. The lowest BCUT2D eigenvalue weighted by molar-refractivity contribution is -0.0504. The molecule has 1 aliphatic rings. The van der Waals surface area contributed by atoms with Crippen molar-refractivity contribution in [1.82, 2.24) is 10.6 Å². The van der Waals surface area contributed by atoms with E-state index in [0.29, 0.717) is 18.1 Å². The molecule has 1 aromatic carbocycles. The Labute approximate surface area is 155 Å². The molecule has 5 nitrogen and oxygen atoms in total. The summed E-state index contributed by atoms with van der Waals surface area (Å²) in [7, 11) is 0. The van der Waals surface area contributed by atoms with Crippen molar-refractivity contribution in [3.8, 4) is 5.75 Å². The fraction of sp³-hybridized carbons (Fsp3) is 0.588. The number of aliphatic imine (C=N–C) groups is 1. The van der Waals surface area contributed by atoms with Gasteiger partial charge in [-0.25, -0.2) is 4.99 Å². The normalized spacial score (nSPS) is 21.3. The highest BCUT2D eigenvalue weighted by atomic mass is 79.9. The van der Waals surface area contributed by atoms with Crippen LogP contribution in [-0.4, -0.2) is 36.4 Å². The smallest absolute Gasteiger partial charge is 0.387 e. The zero-order valence-electron chi connectivity index (χ0n) is 14.1. The van der Waals surface area contributed by atoms with Crippen molar-refractivity contribution in [3.63, 3.8) is 0 Å². The number of nitrogens with zero attached hydrogens (tertiary/aromatic N) is 1. The van der Waals surface area contributed by atoms with Crippen LogP contribution >= 0.6 is 15.9 Å². The first-order valence-electron chi connectivity index (χ1n) is 8.44. The van der Waals surface area contributed by atoms with E-state index in [0.717, 1.165) is 30.2 Å². The van der Waals surface area contributed by atoms with Gasteiger partial charge in [-0.1, -0.05) is 15.9 Å². The average Bonchev–Trinajstić information content (AvgIpc) is 2.56. The lowest BCUT2D eigenvalue weighted by Crippen LogP contribution is -2.45. The van der Waals surface area contributed by atoms with Gasteiger partial charge in [0.25, 0.3) is 0 Å². The van der Waals surface area contributed by atoms with Gasteiger partial charge < -0.3 is 20.5 Å². The average molecular weight is 420 g/mol. The SMILES string of the molecule is CCNC(=NCc1cc(Br)ccc1OC(F)F)NC1CCC(O)CC1. The maximum Gasteiger partial charge on any atom is 0.387 e. The maximum absolute atomic E-state index is 12.5. The second kappa shape index (κ2) is 9.91. The van der Waals surface area contributed by atoms with Crippen molar-refractivity contribution in [2.24, 2.45) is 4.99 Å². The summed E-state index contributed by atoms with van der Waals surface area (Å²) in [6.45, 7) is 0.00215. The Morgan fingerprint density at radius 1 is 1.36 bits per heavy atom. The van der Waals surface area contributed by atoms with Crippen LogP contribution in [-0.2, 0) is 6.54 Å². The van der Waals surface area contributed by atoms with E-state index in [1.165, 1.54) is 6.07 Å². The minimum atomic E-state index is -2.87. The number of ether oxygens (including phenoxy) is 1. The van der Waals surface area contributed by atoms with Gasteiger partial charge in [-0.2, -0.15) is 8.78 Å². The first kappa shape index (κ1) is 19.9. The van der Waals surface area contributed by atoms with Gasteiger partial charge in [0.15, 0.2) is 5.96 Å². The second-order valence-corrected chi connectivity index (χ2v) is 6.89. The Balaban J connectivity index is 2.06. The van der Waals surface area contributed by atoms with Crippen LogP contribution in [0.4, 0.5) is 8.78 Å². The first-order valence-corrected chi connectivity index (χ1v) is 9.23. The Hall–Kier alpha value is -1.41. The van der Waals surface area contributed by atoms with Crippen molar-refractivity contribution >= 4 is 21.9 Å². The van der Waals surface area contributed by atoms with Crippen LogP contribution in [0.15, 0.2) is 27.7 Å². The predicted molar refractivity (Wildman–Crippen MR) is 97.0 cm³/mol. The van der Waals surface area contributed by atoms with E-state index in [4.69, 9.17) is 0 Å². The van der Waals surface area contributed by atoms with Gasteiger partial charge in [-0.3, -0.25) is 0 Å². The fourth-order valence-corrected chi connectivity index (χ4v) is 3.19. The summed E-state index contributed by atoms with van der Waals surface area (Å²) < 4.78 is 30.4. The summed E-state index contributed by atoms with van der Waals surface area (Å²) >= 11 is 3.34. The van der Waals surface area contributed by atoms with Gasteiger partial charge in [0, 0.05) is 22.6 Å². The van der Waals surface area contributed by atoms with E-state index in [-0.39, 0.29) is 24.4 Å². The van der Waals surface area contributed by atoms with E-state index < -0.39 is 6.61 Å². The summed E-state index contributed by atoms with van der Waals surface area (Å²) in [5.74, 6) is 0.755. The molecule has 1 aliphatic carbocycles. The number of alkyl halides is 2. The highest BCUT2D eigenvalue weighted by Gasteiger charge is 2.20. The van der Waals surface area contributed by atoms with E-state index in [1.807, 2.05) is 6.92 Å². The summed E-state index contributed by atoms with van der Waals surface area (Å²) in [5, 5.41) is 16.1. The van der Waals surface area contributed by atoms with Crippen molar-refractivity contribution in [2.75, 3.05) is 6.54 Å². The highest BCUT2D eigenvalue weighted by molar-refractivity contribution is 9.10. The first-order chi connectivity index (χ1) is 12.0. The third kappa shape index (κ3) is 6.78. The van der Waals surface area contributed by atoms with E-state index in [9.17, 15) is 13.9 Å². The van der Waals surface area contributed by atoms with Crippen LogP contribution < -0.4 is 15.4 Å². The highest BCUT2D eigenvalue weighted by Crippen LogP contribution is 2.25. The van der Waals surface area contributed by atoms with Crippen LogP contribution in [0.25, 0.3) is 0 Å². The minimum Gasteiger partial charge on any atom is -0.434 e. The lowest BCUT2D eigenvalue weighted by Gasteiger charge is -2.27. The molecule has 1 fully saturated rings. The predicted octanol–water partition coefficient (Wildman–Crippen LogP) is 3.41. The van der Waals surface area contributed by atoms with Crippen molar-refractivity contribution < 1.29 is 18.6 Å². The van der Waals surface area contributed by atoms with Crippen molar-refractivity contribution in [2.45, 2.75) is 57.9 Å². The molecule has 1 aromatic rings. The molecule has 0 saturated heterocycles. The quantitative estimate of drug-likeness (QED) is 0.488. The summed E-state index contributed by atoms with van der Waals surface area (Å²) in [6, 6.07) is 5.13. The molecule has 1 saturated carbocycles. The van der Waals surface area contributed by atoms with Gasteiger partial charge in [-0.05, 0) is 50.8 Å². The number of nitrogens with one attached hydrogen (secondary N) is 2. The number of rotatable bonds is 6. The molecule has 0 radical (unpaired) electrons. The summed E-state index contributed by atoms with van der Waals surface area (Å²) in [6.07, 6.45) is 3.09. The number of benzene rings is 1. The van der Waals surface area contributed by atoms with Crippen LogP contribution in [0.1, 0.15) is 38.2 Å². The lowest BCUT2D eigenvalue weighted by atomic mass is 9.93. The van der Waals surface area contributed by atoms with Gasteiger partial charge in [0.1, 0.15) is 5.75 Å². The van der Waals surface area contributed by atoms with E-state index >= 15 is 0 Å². The third-order valence-electron chi connectivity index (χ3n) is 4.03. The monoisotopic (exact) mass is 419 g/mol. The second-order valence-electron chi connectivity index (χ2n) is 5.98. The number of hydrogen-bond donors (Lipinski definition) is 3. The van der Waals surface area contributed by atoms with Gasteiger partial charge >= 0.3 is 6.61 Å². The van der Waals surface area contributed by atoms with E-state index in [1.54, 1.807) is 12.1 Å². The molecule has 0 unspecified atom stereocenters. The molecule has 0 bridgehead atoms. The number of guanidine groups is 1. The van der Waals surface area contributed by atoms with Crippen molar-refractivity contribution in [1.29, 1.82) is 0 Å². The molecule has 0 aromatic heterocycles. The van der Waals surface area contributed by atoms with Crippen LogP contribution in [0.2, 0.25) is 0 Å². The largest absolute Gasteiger partial charge is 0.434 e. The molecule has 0 heterocycles. The topological polar surface area (TPSA) is 65.9 Å².